The zero-order valence-electron chi connectivity index (χ0n) is 19.9. The molecular formula is C27H27NO6S. The first-order chi connectivity index (χ1) is 17.0. The van der Waals surface area contributed by atoms with Crippen molar-refractivity contribution in [3.63, 3.8) is 0 Å². The normalized spacial score (nSPS) is 15.3. The van der Waals surface area contributed by atoms with E-state index in [1.165, 1.54) is 11.8 Å². The van der Waals surface area contributed by atoms with Gasteiger partial charge in [0.1, 0.15) is 28.7 Å². The van der Waals surface area contributed by atoms with Gasteiger partial charge in [-0.1, -0.05) is 23.7 Å². The van der Waals surface area contributed by atoms with Gasteiger partial charge in [-0.05, 0) is 68.8 Å². The fraction of sp³-hybridized carbons (Fsp3) is 0.259. The van der Waals surface area contributed by atoms with E-state index in [1.807, 2.05) is 13.8 Å². The van der Waals surface area contributed by atoms with Crippen molar-refractivity contribution in [2.75, 3.05) is 26.4 Å². The van der Waals surface area contributed by atoms with E-state index >= 15 is 0 Å². The first-order valence-corrected chi connectivity index (χ1v) is 12.0. The minimum absolute atomic E-state index is 0.0241. The predicted molar refractivity (Wildman–Crippen MR) is 139 cm³/mol. The van der Waals surface area contributed by atoms with E-state index < -0.39 is 5.97 Å². The second kappa shape index (κ2) is 12.6. The van der Waals surface area contributed by atoms with Gasteiger partial charge in [-0.25, -0.2) is 9.79 Å². The molecule has 0 aromatic heterocycles. The summed E-state index contributed by atoms with van der Waals surface area (Å²) in [7, 11) is 0. The Labute approximate surface area is 209 Å². The zero-order valence-corrected chi connectivity index (χ0v) is 20.7. The van der Waals surface area contributed by atoms with Crippen LogP contribution in [0.4, 0.5) is 5.69 Å². The molecule has 3 rings (SSSR count). The molecule has 1 aliphatic rings. The summed E-state index contributed by atoms with van der Waals surface area (Å²) in [6.07, 6.45) is 7.03. The summed E-state index contributed by atoms with van der Waals surface area (Å²) in [4.78, 5) is 17.7. The van der Waals surface area contributed by atoms with Crippen molar-refractivity contribution >= 4 is 34.5 Å². The van der Waals surface area contributed by atoms with Crippen molar-refractivity contribution < 1.29 is 28.8 Å². The topological polar surface area (TPSA) is 86.6 Å². The Bertz CT molecular complexity index is 1190. The Hall–Kier alpha value is -3.83. The monoisotopic (exact) mass is 493 g/mol. The van der Waals surface area contributed by atoms with Gasteiger partial charge in [0.15, 0.2) is 11.5 Å². The van der Waals surface area contributed by atoms with E-state index in [0.29, 0.717) is 40.3 Å². The second-order valence-corrected chi connectivity index (χ2v) is 8.06. The van der Waals surface area contributed by atoms with E-state index in [4.69, 9.17) is 25.4 Å². The molecule has 35 heavy (non-hydrogen) atoms. The molecule has 0 saturated heterocycles. The number of ether oxygens (including phenoxy) is 4. The van der Waals surface area contributed by atoms with Crippen molar-refractivity contribution in [3.8, 4) is 29.6 Å². The first kappa shape index (κ1) is 25.8. The molecule has 0 saturated carbocycles. The van der Waals surface area contributed by atoms with Crippen molar-refractivity contribution in [2.24, 2.45) is 4.99 Å². The molecule has 2 aromatic carbocycles. The minimum atomic E-state index is -0.640. The molecule has 2 aromatic rings. The summed E-state index contributed by atoms with van der Waals surface area (Å²) in [5, 5.41) is 11.3. The van der Waals surface area contributed by atoms with Crippen LogP contribution < -0.4 is 14.2 Å². The highest BCUT2D eigenvalue weighted by Crippen LogP contribution is 2.41. The van der Waals surface area contributed by atoms with Crippen LogP contribution in [0.3, 0.4) is 0 Å². The van der Waals surface area contributed by atoms with Crippen molar-refractivity contribution in [1.82, 2.24) is 0 Å². The SMILES string of the molecule is C#CCOc1ccc(C=C2SC(=Nc3ccc(OCC)cc3)C(C(=O)OCC)=C2O)cc1OCC. The van der Waals surface area contributed by atoms with Gasteiger partial charge in [-0.3, -0.25) is 0 Å². The highest BCUT2D eigenvalue weighted by molar-refractivity contribution is 8.18. The van der Waals surface area contributed by atoms with Crippen molar-refractivity contribution in [1.29, 1.82) is 0 Å². The third-order valence-corrected chi connectivity index (χ3v) is 5.64. The Morgan fingerprint density at radius 2 is 1.77 bits per heavy atom. The molecule has 0 spiro atoms. The van der Waals surface area contributed by atoms with Crippen LogP contribution in [0.2, 0.25) is 0 Å². The van der Waals surface area contributed by atoms with Crippen molar-refractivity contribution in [3.05, 3.63) is 64.3 Å². The number of terminal acetylenes is 1. The lowest BCUT2D eigenvalue weighted by molar-refractivity contribution is -0.138. The third kappa shape index (κ3) is 6.61. The van der Waals surface area contributed by atoms with Crippen molar-refractivity contribution in [2.45, 2.75) is 20.8 Å². The summed E-state index contributed by atoms with van der Waals surface area (Å²) in [5.41, 5.74) is 1.37. The summed E-state index contributed by atoms with van der Waals surface area (Å²) >= 11 is 1.18. The molecule has 1 heterocycles. The fourth-order valence-corrected chi connectivity index (χ4v) is 4.20. The van der Waals surface area contributed by atoms with Gasteiger partial charge in [-0.2, -0.15) is 0 Å². The van der Waals surface area contributed by atoms with Gasteiger partial charge in [0, 0.05) is 0 Å². The molecule has 0 aliphatic carbocycles. The predicted octanol–water partition coefficient (Wildman–Crippen LogP) is 5.69. The molecule has 0 fully saturated rings. The molecule has 0 bridgehead atoms. The number of carbonyl (C=O) groups excluding carboxylic acids is 1. The number of rotatable bonds is 10. The quantitative estimate of drug-likeness (QED) is 0.336. The molecule has 0 unspecified atom stereocenters. The molecule has 1 aliphatic heterocycles. The number of hydrogen-bond donors (Lipinski definition) is 1. The van der Waals surface area contributed by atoms with Crippen LogP contribution in [0.25, 0.3) is 6.08 Å². The lowest BCUT2D eigenvalue weighted by atomic mass is 10.1. The number of nitrogens with zero attached hydrogens (tertiary/aromatic N) is 1. The molecule has 7 nitrogen and oxygen atoms in total. The Kier molecular flexibility index (Phi) is 9.27. The molecule has 0 amide bonds. The van der Waals surface area contributed by atoms with E-state index in [9.17, 15) is 9.90 Å². The van der Waals surface area contributed by atoms with Crippen LogP contribution in [0, 0.1) is 12.3 Å². The van der Waals surface area contributed by atoms with Gasteiger partial charge >= 0.3 is 5.97 Å². The number of benzene rings is 2. The van der Waals surface area contributed by atoms with Crippen LogP contribution in [0.15, 0.2) is 63.7 Å². The number of hydrogen-bond acceptors (Lipinski definition) is 8. The van der Waals surface area contributed by atoms with Gasteiger partial charge in [0.05, 0.1) is 30.4 Å². The number of carbonyl (C=O) groups is 1. The number of aliphatic hydroxyl groups excluding tert-OH is 1. The summed E-state index contributed by atoms with van der Waals surface area (Å²) in [6.45, 7) is 6.78. The fourth-order valence-electron chi connectivity index (χ4n) is 3.17. The Morgan fingerprint density at radius 1 is 1.03 bits per heavy atom. The molecule has 8 heteroatoms. The average Bonchev–Trinajstić information content (AvgIpc) is 3.14. The standard InChI is InChI=1S/C27H27NO6S/c1-5-15-34-21-14-9-18(16-22(21)32-7-3)17-23-25(29)24(27(30)33-8-4)26(35-23)28-19-10-12-20(13-11-19)31-6-2/h1,9-14,16-17,29H,6-8,15H2,2-4H3. The summed E-state index contributed by atoms with van der Waals surface area (Å²) in [6, 6.07) is 12.5. The highest BCUT2D eigenvalue weighted by Gasteiger charge is 2.33. The maximum absolute atomic E-state index is 12.6. The number of esters is 1. The Balaban J connectivity index is 1.97. The largest absolute Gasteiger partial charge is 0.506 e. The van der Waals surface area contributed by atoms with Gasteiger partial charge in [-0.15, -0.1) is 6.42 Å². The maximum Gasteiger partial charge on any atom is 0.344 e. The average molecular weight is 494 g/mol. The molecular weight excluding hydrogens is 466 g/mol. The lowest BCUT2D eigenvalue weighted by Crippen LogP contribution is -2.12. The van der Waals surface area contributed by atoms with Crippen LogP contribution in [0.5, 0.6) is 17.2 Å². The molecule has 0 atom stereocenters. The van der Waals surface area contributed by atoms with Crippen LogP contribution in [-0.4, -0.2) is 42.5 Å². The third-order valence-electron chi connectivity index (χ3n) is 4.62. The highest BCUT2D eigenvalue weighted by atomic mass is 32.2. The number of thioether (sulfide) groups is 1. The minimum Gasteiger partial charge on any atom is -0.506 e. The second-order valence-electron chi connectivity index (χ2n) is 7.03. The molecule has 0 radical (unpaired) electrons. The van der Waals surface area contributed by atoms with E-state index in [0.717, 1.165) is 11.3 Å². The maximum atomic E-state index is 12.6. The summed E-state index contributed by atoms with van der Waals surface area (Å²) < 4.78 is 21.8. The number of aliphatic hydroxyl groups is 1. The molecule has 1 N–H and O–H groups in total. The van der Waals surface area contributed by atoms with Crippen LogP contribution >= 0.6 is 11.8 Å². The van der Waals surface area contributed by atoms with Crippen LogP contribution in [-0.2, 0) is 9.53 Å². The van der Waals surface area contributed by atoms with Gasteiger partial charge in [0.25, 0.3) is 0 Å². The molecule has 182 valence electrons. The number of aliphatic imine (C=N–C) groups is 1. The van der Waals surface area contributed by atoms with Gasteiger partial charge in [0.2, 0.25) is 0 Å². The smallest absolute Gasteiger partial charge is 0.344 e. The van der Waals surface area contributed by atoms with Crippen LogP contribution in [0.1, 0.15) is 26.3 Å². The first-order valence-electron chi connectivity index (χ1n) is 11.2. The van der Waals surface area contributed by atoms with E-state index in [2.05, 4.69) is 10.9 Å². The Morgan fingerprint density at radius 3 is 2.43 bits per heavy atom. The zero-order chi connectivity index (χ0) is 25.2. The van der Waals surface area contributed by atoms with Gasteiger partial charge < -0.3 is 24.1 Å². The van der Waals surface area contributed by atoms with E-state index in [1.54, 1.807) is 55.5 Å². The lowest BCUT2D eigenvalue weighted by Gasteiger charge is -2.11. The van der Waals surface area contributed by atoms with E-state index in [-0.39, 0.29) is 24.5 Å². The summed E-state index contributed by atoms with van der Waals surface area (Å²) in [5.74, 6) is 3.37.